The van der Waals surface area contributed by atoms with Gasteiger partial charge in [0.05, 0.1) is 0 Å². The van der Waals surface area contributed by atoms with E-state index < -0.39 is 5.54 Å². The Labute approximate surface area is 148 Å². The highest BCUT2D eigenvalue weighted by Gasteiger charge is 2.45. The Morgan fingerprint density at radius 3 is 2.56 bits per heavy atom. The molecule has 1 atom stereocenters. The first-order valence-electron chi connectivity index (χ1n) is 9.35. The lowest BCUT2D eigenvalue weighted by atomic mass is 9.96. The van der Waals surface area contributed by atoms with Crippen LogP contribution in [0.5, 0.6) is 0 Å². The largest absolute Gasteiger partial charge is 0.351 e. The number of benzene rings is 1. The molecule has 1 heterocycles. The standard InChI is InChI=1S/C20H27FN2O2/c1-20(19(25)22-17-5-2-3-6-17)13-4-14-23(20)18(24)12-9-15-7-10-16(21)11-8-15/h7-8,10-11,17H,2-6,9,12-14H2,1H3,(H,22,25)/t20-/m0/s1. The molecule has 0 radical (unpaired) electrons. The van der Waals surface area contributed by atoms with Crippen LogP contribution in [-0.4, -0.2) is 34.8 Å². The molecule has 1 saturated heterocycles. The summed E-state index contributed by atoms with van der Waals surface area (Å²) in [5.74, 6) is -0.274. The summed E-state index contributed by atoms with van der Waals surface area (Å²) < 4.78 is 13.0. The number of amides is 2. The second kappa shape index (κ2) is 7.54. The molecule has 0 aromatic heterocycles. The van der Waals surface area contributed by atoms with Crippen LogP contribution in [0.15, 0.2) is 24.3 Å². The van der Waals surface area contributed by atoms with Crippen LogP contribution in [0.2, 0.25) is 0 Å². The summed E-state index contributed by atoms with van der Waals surface area (Å²) in [6.45, 7) is 2.52. The number of nitrogens with one attached hydrogen (secondary N) is 1. The first-order valence-corrected chi connectivity index (χ1v) is 9.35. The monoisotopic (exact) mass is 346 g/mol. The summed E-state index contributed by atoms with van der Waals surface area (Å²) in [4.78, 5) is 27.3. The number of aryl methyl sites for hydroxylation is 1. The average Bonchev–Trinajstić information content (AvgIpc) is 3.24. The van der Waals surface area contributed by atoms with Gasteiger partial charge in [0.25, 0.3) is 0 Å². The molecule has 1 aliphatic heterocycles. The molecule has 3 rings (SSSR count). The summed E-state index contributed by atoms with van der Waals surface area (Å²) in [5, 5.41) is 3.15. The molecular formula is C20H27FN2O2. The topological polar surface area (TPSA) is 49.4 Å². The highest BCUT2D eigenvalue weighted by Crippen LogP contribution is 2.31. The summed E-state index contributed by atoms with van der Waals surface area (Å²) in [6.07, 6.45) is 6.91. The molecule has 1 saturated carbocycles. The number of carbonyl (C=O) groups is 2. The van der Waals surface area contributed by atoms with Gasteiger partial charge in [-0.1, -0.05) is 25.0 Å². The van der Waals surface area contributed by atoms with Crippen molar-refractivity contribution in [2.75, 3.05) is 6.54 Å². The van der Waals surface area contributed by atoms with E-state index in [1.807, 2.05) is 6.92 Å². The molecular weight excluding hydrogens is 319 g/mol. The normalized spacial score (nSPS) is 23.8. The maximum absolute atomic E-state index is 13.0. The number of hydrogen-bond donors (Lipinski definition) is 1. The van der Waals surface area contributed by atoms with Crippen LogP contribution in [0.25, 0.3) is 0 Å². The van der Waals surface area contributed by atoms with E-state index >= 15 is 0 Å². The van der Waals surface area contributed by atoms with Crippen molar-refractivity contribution < 1.29 is 14.0 Å². The Balaban J connectivity index is 1.59. The van der Waals surface area contributed by atoms with E-state index in [9.17, 15) is 14.0 Å². The van der Waals surface area contributed by atoms with Gasteiger partial charge in [-0.3, -0.25) is 9.59 Å². The van der Waals surface area contributed by atoms with Gasteiger partial charge in [-0.15, -0.1) is 0 Å². The van der Waals surface area contributed by atoms with Crippen LogP contribution in [0.1, 0.15) is 57.4 Å². The second-order valence-corrected chi connectivity index (χ2v) is 7.50. The van der Waals surface area contributed by atoms with Gasteiger partial charge in [0.15, 0.2) is 0 Å². The zero-order valence-electron chi connectivity index (χ0n) is 14.9. The smallest absolute Gasteiger partial charge is 0.245 e. The van der Waals surface area contributed by atoms with Gasteiger partial charge < -0.3 is 10.2 Å². The molecule has 4 nitrogen and oxygen atoms in total. The lowest BCUT2D eigenvalue weighted by Crippen LogP contribution is -2.57. The lowest BCUT2D eigenvalue weighted by molar-refractivity contribution is -0.144. The van der Waals surface area contributed by atoms with Crippen molar-refractivity contribution in [1.82, 2.24) is 10.2 Å². The molecule has 2 amide bonds. The van der Waals surface area contributed by atoms with Gasteiger partial charge in [-0.25, -0.2) is 4.39 Å². The van der Waals surface area contributed by atoms with Crippen LogP contribution < -0.4 is 5.32 Å². The first-order chi connectivity index (χ1) is 12.0. The Morgan fingerprint density at radius 1 is 1.20 bits per heavy atom. The summed E-state index contributed by atoms with van der Waals surface area (Å²) in [7, 11) is 0. The van der Waals surface area contributed by atoms with E-state index in [0.717, 1.165) is 24.8 Å². The third-order valence-electron chi connectivity index (χ3n) is 5.66. The van der Waals surface area contributed by atoms with Crippen LogP contribution in [0.4, 0.5) is 4.39 Å². The van der Waals surface area contributed by atoms with E-state index in [4.69, 9.17) is 0 Å². The predicted octanol–water partition coefficient (Wildman–Crippen LogP) is 3.20. The molecule has 2 fully saturated rings. The summed E-state index contributed by atoms with van der Waals surface area (Å²) >= 11 is 0. The Morgan fingerprint density at radius 2 is 1.88 bits per heavy atom. The molecule has 0 unspecified atom stereocenters. The zero-order valence-corrected chi connectivity index (χ0v) is 14.9. The predicted molar refractivity (Wildman–Crippen MR) is 94.5 cm³/mol. The van der Waals surface area contributed by atoms with Crippen LogP contribution in [0, 0.1) is 5.82 Å². The van der Waals surface area contributed by atoms with Gasteiger partial charge in [-0.05, 0) is 56.7 Å². The molecule has 0 spiro atoms. The van der Waals surface area contributed by atoms with E-state index in [1.165, 1.54) is 25.0 Å². The lowest BCUT2D eigenvalue weighted by Gasteiger charge is -2.35. The fraction of sp³-hybridized carbons (Fsp3) is 0.600. The number of halogens is 1. The van der Waals surface area contributed by atoms with E-state index in [2.05, 4.69) is 5.32 Å². The highest BCUT2D eigenvalue weighted by atomic mass is 19.1. The fourth-order valence-corrected chi connectivity index (χ4v) is 4.05. The van der Waals surface area contributed by atoms with Crippen LogP contribution >= 0.6 is 0 Å². The maximum Gasteiger partial charge on any atom is 0.245 e. The molecule has 25 heavy (non-hydrogen) atoms. The Hall–Kier alpha value is -1.91. The van der Waals surface area contributed by atoms with Crippen molar-refractivity contribution in [3.8, 4) is 0 Å². The molecule has 5 heteroatoms. The number of carbonyl (C=O) groups excluding carboxylic acids is 2. The minimum absolute atomic E-state index is 0.00546. The Kier molecular flexibility index (Phi) is 5.40. The quantitative estimate of drug-likeness (QED) is 0.890. The van der Waals surface area contributed by atoms with Crippen molar-refractivity contribution in [3.63, 3.8) is 0 Å². The van der Waals surface area contributed by atoms with Crippen molar-refractivity contribution in [3.05, 3.63) is 35.6 Å². The number of nitrogens with zero attached hydrogens (tertiary/aromatic N) is 1. The third-order valence-corrected chi connectivity index (χ3v) is 5.66. The third kappa shape index (κ3) is 4.02. The molecule has 1 aromatic carbocycles. The maximum atomic E-state index is 13.0. The summed E-state index contributed by atoms with van der Waals surface area (Å²) in [5.41, 5.74) is 0.203. The molecule has 1 aliphatic carbocycles. The molecule has 2 aliphatic rings. The zero-order chi connectivity index (χ0) is 17.9. The van der Waals surface area contributed by atoms with Crippen LogP contribution in [-0.2, 0) is 16.0 Å². The van der Waals surface area contributed by atoms with Crippen molar-refractivity contribution in [1.29, 1.82) is 0 Å². The van der Waals surface area contributed by atoms with Gasteiger partial charge in [0, 0.05) is 19.0 Å². The minimum atomic E-state index is -0.734. The van der Waals surface area contributed by atoms with Gasteiger partial charge >= 0.3 is 0 Å². The van der Waals surface area contributed by atoms with Crippen molar-refractivity contribution in [2.24, 2.45) is 0 Å². The summed E-state index contributed by atoms with van der Waals surface area (Å²) in [6, 6.07) is 6.50. The second-order valence-electron chi connectivity index (χ2n) is 7.50. The molecule has 136 valence electrons. The van der Waals surface area contributed by atoms with Gasteiger partial charge in [0.1, 0.15) is 11.4 Å². The van der Waals surface area contributed by atoms with E-state index in [1.54, 1.807) is 17.0 Å². The first kappa shape index (κ1) is 17.9. The highest BCUT2D eigenvalue weighted by molar-refractivity contribution is 5.92. The molecule has 1 N–H and O–H groups in total. The van der Waals surface area contributed by atoms with E-state index in [0.29, 0.717) is 25.8 Å². The van der Waals surface area contributed by atoms with Crippen LogP contribution in [0.3, 0.4) is 0 Å². The van der Waals surface area contributed by atoms with E-state index in [-0.39, 0.29) is 23.7 Å². The van der Waals surface area contributed by atoms with Crippen molar-refractivity contribution >= 4 is 11.8 Å². The SMILES string of the molecule is C[C@@]1(C(=O)NC2CCCC2)CCCN1C(=O)CCc1ccc(F)cc1. The number of rotatable bonds is 5. The fourth-order valence-electron chi connectivity index (χ4n) is 4.05. The van der Waals surface area contributed by atoms with Gasteiger partial charge in [-0.2, -0.15) is 0 Å². The molecule has 1 aromatic rings. The van der Waals surface area contributed by atoms with Gasteiger partial charge in [0.2, 0.25) is 11.8 Å². The molecule has 0 bridgehead atoms. The number of hydrogen-bond acceptors (Lipinski definition) is 2. The number of likely N-dealkylation sites (tertiary alicyclic amines) is 1. The Bertz CT molecular complexity index is 625. The van der Waals surface area contributed by atoms with Crippen molar-refractivity contribution in [2.45, 2.75) is 69.9 Å². The average molecular weight is 346 g/mol. The minimum Gasteiger partial charge on any atom is -0.351 e.